The molecule has 86 valence electrons. The summed E-state index contributed by atoms with van der Waals surface area (Å²) in [5.74, 6) is 1.88. The van der Waals surface area contributed by atoms with Gasteiger partial charge in [-0.3, -0.25) is 0 Å². The van der Waals surface area contributed by atoms with Crippen LogP contribution in [0.3, 0.4) is 0 Å². The molecule has 0 bridgehead atoms. The highest BCUT2D eigenvalue weighted by molar-refractivity contribution is 5.26. The Morgan fingerprint density at radius 2 is 1.88 bits per heavy atom. The highest BCUT2D eigenvalue weighted by Crippen LogP contribution is 2.25. The second-order valence-corrected chi connectivity index (χ2v) is 4.90. The van der Waals surface area contributed by atoms with Crippen LogP contribution < -0.4 is 0 Å². The molecule has 1 aliphatic carbocycles. The molecule has 0 saturated carbocycles. The number of benzene rings is 1. The highest BCUT2D eigenvalue weighted by Gasteiger charge is 2.12. The van der Waals surface area contributed by atoms with Gasteiger partial charge in [0.2, 0.25) is 0 Å². The van der Waals surface area contributed by atoms with Crippen LogP contribution in [0.1, 0.15) is 31.7 Å². The van der Waals surface area contributed by atoms with Gasteiger partial charge in [0.05, 0.1) is 0 Å². The predicted octanol–water partition coefficient (Wildman–Crippen LogP) is 3.93. The number of aromatic hydroxyl groups is 1. The van der Waals surface area contributed by atoms with E-state index >= 15 is 0 Å². The van der Waals surface area contributed by atoms with Crippen LogP contribution in [0.4, 0.5) is 0 Å². The lowest BCUT2D eigenvalue weighted by Gasteiger charge is -2.20. The van der Waals surface area contributed by atoms with Crippen molar-refractivity contribution in [3.05, 3.63) is 42.0 Å². The summed E-state index contributed by atoms with van der Waals surface area (Å²) < 4.78 is 0. The number of rotatable bonds is 3. The summed E-state index contributed by atoms with van der Waals surface area (Å²) in [6, 6.07) is 7.58. The van der Waals surface area contributed by atoms with E-state index in [1.54, 1.807) is 12.1 Å². The smallest absolute Gasteiger partial charge is 0.115 e. The molecular weight excluding hydrogens is 196 g/mol. The van der Waals surface area contributed by atoms with E-state index in [1.165, 1.54) is 24.8 Å². The Balaban J connectivity index is 1.83. The van der Waals surface area contributed by atoms with E-state index in [-0.39, 0.29) is 0 Å². The predicted molar refractivity (Wildman–Crippen MR) is 67.5 cm³/mol. The van der Waals surface area contributed by atoms with Crippen LogP contribution in [0.15, 0.2) is 36.4 Å². The Morgan fingerprint density at radius 3 is 2.50 bits per heavy atom. The Hall–Kier alpha value is -1.24. The quantitative estimate of drug-likeness (QED) is 0.759. The molecule has 0 spiro atoms. The van der Waals surface area contributed by atoms with Gasteiger partial charge in [-0.05, 0) is 55.2 Å². The van der Waals surface area contributed by atoms with Gasteiger partial charge in [-0.1, -0.05) is 31.2 Å². The molecule has 2 atom stereocenters. The van der Waals surface area contributed by atoms with E-state index in [1.807, 2.05) is 12.1 Å². The maximum absolute atomic E-state index is 9.19. The minimum absolute atomic E-state index is 0.357. The molecule has 0 amide bonds. The number of phenols is 1. The summed E-state index contributed by atoms with van der Waals surface area (Å²) in [5.41, 5.74) is 1.32. The Kier molecular flexibility index (Phi) is 3.66. The fourth-order valence-electron chi connectivity index (χ4n) is 2.27. The molecule has 0 saturated heterocycles. The van der Waals surface area contributed by atoms with E-state index < -0.39 is 0 Å². The van der Waals surface area contributed by atoms with Crippen molar-refractivity contribution >= 4 is 0 Å². The first-order valence-electron chi connectivity index (χ1n) is 6.20. The molecule has 1 nitrogen and oxygen atoms in total. The largest absolute Gasteiger partial charge is 0.508 e. The van der Waals surface area contributed by atoms with E-state index in [9.17, 15) is 5.11 Å². The highest BCUT2D eigenvalue weighted by atomic mass is 16.3. The number of phenolic OH excluding ortho intramolecular Hbond substituents is 1. The zero-order valence-electron chi connectivity index (χ0n) is 9.89. The van der Waals surface area contributed by atoms with Crippen molar-refractivity contribution in [3.8, 4) is 5.75 Å². The fourth-order valence-corrected chi connectivity index (χ4v) is 2.27. The maximum Gasteiger partial charge on any atom is 0.115 e. The zero-order valence-corrected chi connectivity index (χ0v) is 9.89. The third-order valence-electron chi connectivity index (χ3n) is 3.44. The van der Waals surface area contributed by atoms with Crippen LogP contribution in [0, 0.1) is 11.8 Å². The average molecular weight is 216 g/mol. The maximum atomic E-state index is 9.19. The topological polar surface area (TPSA) is 20.2 Å². The number of allylic oxidation sites excluding steroid dienone is 2. The van der Waals surface area contributed by atoms with Crippen molar-refractivity contribution in [2.45, 2.75) is 32.6 Å². The van der Waals surface area contributed by atoms with Gasteiger partial charge in [0.1, 0.15) is 5.75 Å². The van der Waals surface area contributed by atoms with Crippen molar-refractivity contribution in [2.24, 2.45) is 11.8 Å². The summed E-state index contributed by atoms with van der Waals surface area (Å²) in [6.45, 7) is 2.28. The Bertz CT molecular complexity index is 350. The van der Waals surface area contributed by atoms with Crippen LogP contribution in [-0.4, -0.2) is 5.11 Å². The zero-order chi connectivity index (χ0) is 11.4. The normalized spacial score (nSPS) is 24.6. The average Bonchev–Trinajstić information content (AvgIpc) is 2.30. The third-order valence-corrected chi connectivity index (χ3v) is 3.44. The van der Waals surface area contributed by atoms with Gasteiger partial charge >= 0.3 is 0 Å². The van der Waals surface area contributed by atoms with E-state index in [0.717, 1.165) is 18.3 Å². The van der Waals surface area contributed by atoms with E-state index in [4.69, 9.17) is 0 Å². The van der Waals surface area contributed by atoms with Crippen LogP contribution in [0.25, 0.3) is 0 Å². The van der Waals surface area contributed by atoms with Gasteiger partial charge in [-0.25, -0.2) is 0 Å². The molecule has 1 aliphatic rings. The molecule has 16 heavy (non-hydrogen) atoms. The molecule has 1 aromatic carbocycles. The first kappa shape index (κ1) is 11.3. The first-order chi connectivity index (χ1) is 7.74. The molecule has 0 aliphatic heterocycles. The summed E-state index contributed by atoms with van der Waals surface area (Å²) in [4.78, 5) is 0. The van der Waals surface area contributed by atoms with Gasteiger partial charge in [-0.2, -0.15) is 0 Å². The molecular formula is C15H20O. The van der Waals surface area contributed by atoms with Gasteiger partial charge in [-0.15, -0.1) is 0 Å². The summed E-state index contributed by atoms with van der Waals surface area (Å²) in [6.07, 6.45) is 9.74. The monoisotopic (exact) mass is 216 g/mol. The molecule has 0 fully saturated rings. The van der Waals surface area contributed by atoms with E-state index in [2.05, 4.69) is 19.1 Å². The summed E-state index contributed by atoms with van der Waals surface area (Å²) in [5, 5.41) is 9.19. The van der Waals surface area contributed by atoms with Crippen LogP contribution in [0.5, 0.6) is 5.75 Å². The van der Waals surface area contributed by atoms with Crippen LogP contribution in [-0.2, 0) is 6.42 Å². The molecule has 2 unspecified atom stereocenters. The molecule has 2 rings (SSSR count). The van der Waals surface area contributed by atoms with Crippen molar-refractivity contribution in [3.63, 3.8) is 0 Å². The molecule has 1 N–H and O–H groups in total. The second-order valence-electron chi connectivity index (χ2n) is 4.90. The second kappa shape index (κ2) is 5.20. The van der Waals surface area contributed by atoms with Gasteiger partial charge in [0.15, 0.2) is 0 Å². The van der Waals surface area contributed by atoms with Gasteiger partial charge in [0, 0.05) is 0 Å². The fraction of sp³-hybridized carbons (Fsp3) is 0.467. The van der Waals surface area contributed by atoms with Crippen LogP contribution in [0.2, 0.25) is 0 Å². The van der Waals surface area contributed by atoms with E-state index in [0.29, 0.717) is 5.75 Å². The molecule has 0 radical (unpaired) electrons. The standard InChI is InChI=1S/C15H20O/c1-12-2-4-13(5-3-12)6-7-14-8-10-15(16)11-9-14/h2,4,8-13,16H,3,5-7H2,1H3. The van der Waals surface area contributed by atoms with Crippen LogP contribution >= 0.6 is 0 Å². The molecule has 0 aromatic heterocycles. The SMILES string of the molecule is CC1C=CC(CCc2ccc(O)cc2)CC1. The number of hydrogen-bond acceptors (Lipinski definition) is 1. The third kappa shape index (κ3) is 3.13. The minimum Gasteiger partial charge on any atom is -0.508 e. The lowest BCUT2D eigenvalue weighted by molar-refractivity contribution is 0.453. The number of aryl methyl sites for hydroxylation is 1. The Labute approximate surface area is 97.8 Å². The molecule has 1 heteroatoms. The minimum atomic E-state index is 0.357. The van der Waals surface area contributed by atoms with Crippen molar-refractivity contribution in [1.29, 1.82) is 0 Å². The van der Waals surface area contributed by atoms with Crippen molar-refractivity contribution in [2.75, 3.05) is 0 Å². The van der Waals surface area contributed by atoms with Gasteiger partial charge in [0.25, 0.3) is 0 Å². The van der Waals surface area contributed by atoms with Gasteiger partial charge < -0.3 is 5.11 Å². The lowest BCUT2D eigenvalue weighted by Crippen LogP contribution is -2.07. The number of hydrogen-bond donors (Lipinski definition) is 1. The summed E-state index contributed by atoms with van der Waals surface area (Å²) in [7, 11) is 0. The Morgan fingerprint density at radius 1 is 1.12 bits per heavy atom. The van der Waals surface area contributed by atoms with Crippen molar-refractivity contribution in [1.82, 2.24) is 0 Å². The first-order valence-corrected chi connectivity index (χ1v) is 6.20. The molecule has 1 aromatic rings. The lowest BCUT2D eigenvalue weighted by atomic mass is 9.86. The summed E-state index contributed by atoms with van der Waals surface area (Å²) >= 11 is 0. The van der Waals surface area contributed by atoms with Crippen molar-refractivity contribution < 1.29 is 5.11 Å². The molecule has 0 heterocycles.